The van der Waals surface area contributed by atoms with E-state index in [4.69, 9.17) is 4.74 Å². The maximum atomic E-state index is 12.8. The molecule has 4 rings (SSSR count). The van der Waals surface area contributed by atoms with E-state index in [1.54, 1.807) is 18.1 Å². The first-order valence-corrected chi connectivity index (χ1v) is 10.7. The number of nitrogens with zero attached hydrogens (tertiary/aromatic N) is 4. The molecule has 1 N–H and O–H groups in total. The van der Waals surface area contributed by atoms with Crippen molar-refractivity contribution in [3.05, 3.63) is 42.1 Å². The van der Waals surface area contributed by atoms with Crippen LogP contribution >= 0.6 is 0 Å². The summed E-state index contributed by atoms with van der Waals surface area (Å²) in [5, 5.41) is 3.32. The highest BCUT2D eigenvalue weighted by molar-refractivity contribution is 6.05. The Morgan fingerprint density at radius 2 is 1.94 bits per heavy atom. The van der Waals surface area contributed by atoms with E-state index >= 15 is 0 Å². The number of anilines is 4. The highest BCUT2D eigenvalue weighted by Gasteiger charge is 2.35. The summed E-state index contributed by atoms with van der Waals surface area (Å²) in [5.41, 5.74) is 3.17. The second kappa shape index (κ2) is 8.55. The third-order valence-electron chi connectivity index (χ3n) is 5.84. The Labute approximate surface area is 182 Å². The van der Waals surface area contributed by atoms with Crippen molar-refractivity contribution >= 4 is 34.7 Å². The van der Waals surface area contributed by atoms with Crippen molar-refractivity contribution in [1.29, 1.82) is 0 Å². The van der Waals surface area contributed by atoms with Gasteiger partial charge in [-0.2, -0.15) is 0 Å². The summed E-state index contributed by atoms with van der Waals surface area (Å²) >= 11 is 0. The normalized spacial score (nSPS) is 18.9. The first-order valence-electron chi connectivity index (χ1n) is 10.7. The van der Waals surface area contributed by atoms with E-state index in [0.29, 0.717) is 37.7 Å². The molecule has 1 aromatic carbocycles. The Morgan fingerprint density at radius 1 is 1.19 bits per heavy atom. The van der Waals surface area contributed by atoms with Crippen molar-refractivity contribution in [1.82, 2.24) is 9.88 Å². The van der Waals surface area contributed by atoms with Gasteiger partial charge in [-0.05, 0) is 39.0 Å². The van der Waals surface area contributed by atoms with Crippen LogP contribution < -0.4 is 15.1 Å². The van der Waals surface area contributed by atoms with Gasteiger partial charge in [0.15, 0.2) is 0 Å². The number of nitrogens with one attached hydrogen (secondary N) is 1. The number of carbonyl (C=O) groups excluding carboxylic acids is 2. The van der Waals surface area contributed by atoms with Crippen LogP contribution in [-0.2, 0) is 9.53 Å². The van der Waals surface area contributed by atoms with Crippen LogP contribution in [0.1, 0.15) is 31.1 Å². The van der Waals surface area contributed by atoms with Crippen LogP contribution in [0, 0.1) is 0 Å². The molecule has 0 saturated carbocycles. The molecule has 0 aliphatic carbocycles. The third kappa shape index (κ3) is 4.07. The van der Waals surface area contributed by atoms with Crippen molar-refractivity contribution in [2.75, 3.05) is 48.5 Å². The average Bonchev–Trinajstić information content (AvgIpc) is 2.77. The Bertz CT molecular complexity index is 987. The Kier molecular flexibility index (Phi) is 5.82. The topological polar surface area (TPSA) is 78.0 Å². The van der Waals surface area contributed by atoms with E-state index in [1.165, 1.54) is 0 Å². The van der Waals surface area contributed by atoms with Gasteiger partial charge in [-0.15, -0.1) is 0 Å². The van der Waals surface area contributed by atoms with Gasteiger partial charge in [0.1, 0.15) is 11.9 Å². The summed E-state index contributed by atoms with van der Waals surface area (Å²) in [6, 6.07) is 9.33. The number of amides is 2. The predicted octanol–water partition coefficient (Wildman–Crippen LogP) is 2.88. The highest BCUT2D eigenvalue weighted by Crippen LogP contribution is 2.38. The minimum atomic E-state index is -0.248. The zero-order valence-corrected chi connectivity index (χ0v) is 18.5. The van der Waals surface area contributed by atoms with Gasteiger partial charge in [0.2, 0.25) is 5.91 Å². The number of likely N-dealkylation sites (N-methyl/N-ethyl adjacent to an activating group) is 1. The van der Waals surface area contributed by atoms with Crippen molar-refractivity contribution in [3.8, 4) is 0 Å². The molecule has 2 aliphatic rings. The van der Waals surface area contributed by atoms with E-state index in [2.05, 4.69) is 29.0 Å². The second-order valence-corrected chi connectivity index (χ2v) is 8.24. The SMILES string of the molecule is CC(C)N1c2cc(Nc3cccc(C(=O)N4CCOCC4)c3)ncc2N(C)C(=O)C1C. The number of ether oxygens (including phenoxy) is 1. The predicted molar refractivity (Wildman–Crippen MR) is 121 cm³/mol. The molecule has 2 aromatic rings. The quantitative estimate of drug-likeness (QED) is 0.815. The number of carbonyl (C=O) groups is 2. The molecule has 1 unspecified atom stereocenters. The van der Waals surface area contributed by atoms with Gasteiger partial charge in [0, 0.05) is 43.5 Å². The number of fused-ring (bicyclic) bond motifs is 1. The lowest BCUT2D eigenvalue weighted by Crippen LogP contribution is -2.53. The molecule has 8 nitrogen and oxygen atoms in total. The molecule has 8 heteroatoms. The number of benzene rings is 1. The van der Waals surface area contributed by atoms with Crippen LogP contribution in [-0.4, -0.2) is 67.1 Å². The maximum Gasteiger partial charge on any atom is 0.254 e. The number of hydrogen-bond acceptors (Lipinski definition) is 6. The van der Waals surface area contributed by atoms with Crippen LogP contribution in [0.2, 0.25) is 0 Å². The lowest BCUT2D eigenvalue weighted by atomic mass is 10.1. The Morgan fingerprint density at radius 3 is 2.65 bits per heavy atom. The monoisotopic (exact) mass is 423 g/mol. The van der Waals surface area contributed by atoms with Crippen LogP contribution in [0.25, 0.3) is 0 Å². The summed E-state index contributed by atoms with van der Waals surface area (Å²) in [6.07, 6.45) is 1.72. The van der Waals surface area contributed by atoms with Crippen molar-refractivity contribution in [2.45, 2.75) is 32.9 Å². The van der Waals surface area contributed by atoms with E-state index < -0.39 is 0 Å². The molecule has 164 valence electrons. The van der Waals surface area contributed by atoms with Crippen molar-refractivity contribution in [3.63, 3.8) is 0 Å². The molecule has 1 aromatic heterocycles. The number of rotatable bonds is 4. The molecule has 0 radical (unpaired) electrons. The highest BCUT2D eigenvalue weighted by atomic mass is 16.5. The first kappa shape index (κ1) is 21.1. The number of pyridine rings is 1. The molecular formula is C23H29N5O3. The third-order valence-corrected chi connectivity index (χ3v) is 5.84. The minimum Gasteiger partial charge on any atom is -0.378 e. The molecule has 3 heterocycles. The van der Waals surface area contributed by atoms with E-state index in [-0.39, 0.29) is 23.9 Å². The standard InChI is InChI=1S/C23H29N5O3/c1-15(2)28-16(3)22(29)26(4)20-14-24-21(13-19(20)28)25-18-7-5-6-17(12-18)23(30)27-8-10-31-11-9-27/h5-7,12-16H,8-11H2,1-4H3,(H,24,25). The molecule has 31 heavy (non-hydrogen) atoms. The van der Waals surface area contributed by atoms with Gasteiger partial charge in [-0.25, -0.2) is 4.98 Å². The second-order valence-electron chi connectivity index (χ2n) is 8.24. The van der Waals surface area contributed by atoms with Gasteiger partial charge in [-0.1, -0.05) is 6.07 Å². The number of hydrogen-bond donors (Lipinski definition) is 1. The summed E-state index contributed by atoms with van der Waals surface area (Å²) in [5.74, 6) is 0.721. The van der Waals surface area contributed by atoms with E-state index in [1.807, 2.05) is 42.2 Å². The first-order chi connectivity index (χ1) is 14.9. The van der Waals surface area contributed by atoms with Gasteiger partial charge >= 0.3 is 0 Å². The fourth-order valence-corrected chi connectivity index (χ4v) is 4.25. The Hall–Kier alpha value is -3.13. The zero-order chi connectivity index (χ0) is 22.1. The summed E-state index contributed by atoms with van der Waals surface area (Å²) in [7, 11) is 1.78. The molecule has 2 aliphatic heterocycles. The largest absolute Gasteiger partial charge is 0.378 e. The lowest BCUT2D eigenvalue weighted by molar-refractivity contribution is -0.119. The lowest BCUT2D eigenvalue weighted by Gasteiger charge is -2.42. The van der Waals surface area contributed by atoms with Gasteiger partial charge in [-0.3, -0.25) is 9.59 Å². The van der Waals surface area contributed by atoms with Crippen LogP contribution in [0.3, 0.4) is 0 Å². The molecule has 1 saturated heterocycles. The van der Waals surface area contributed by atoms with E-state index in [9.17, 15) is 9.59 Å². The van der Waals surface area contributed by atoms with Crippen LogP contribution in [0.15, 0.2) is 36.5 Å². The molecule has 1 fully saturated rings. The molecule has 0 bridgehead atoms. The maximum absolute atomic E-state index is 12.8. The Balaban J connectivity index is 1.59. The smallest absolute Gasteiger partial charge is 0.254 e. The minimum absolute atomic E-state index is 0.00490. The summed E-state index contributed by atoms with van der Waals surface area (Å²) in [6.45, 7) is 8.45. The average molecular weight is 424 g/mol. The zero-order valence-electron chi connectivity index (χ0n) is 18.5. The molecule has 2 amide bonds. The summed E-state index contributed by atoms with van der Waals surface area (Å²) in [4.78, 5) is 35.5. The fraction of sp³-hybridized carbons (Fsp3) is 0.435. The number of morpholine rings is 1. The van der Waals surface area contributed by atoms with Crippen molar-refractivity contribution < 1.29 is 14.3 Å². The number of aromatic nitrogens is 1. The van der Waals surface area contributed by atoms with Crippen LogP contribution in [0.4, 0.5) is 22.9 Å². The van der Waals surface area contributed by atoms with Crippen LogP contribution in [0.5, 0.6) is 0 Å². The van der Waals surface area contributed by atoms with Crippen molar-refractivity contribution in [2.24, 2.45) is 0 Å². The van der Waals surface area contributed by atoms with Gasteiger partial charge in [0.25, 0.3) is 5.91 Å². The van der Waals surface area contributed by atoms with Gasteiger partial charge in [0.05, 0.1) is 30.8 Å². The van der Waals surface area contributed by atoms with Gasteiger partial charge < -0.3 is 24.8 Å². The summed E-state index contributed by atoms with van der Waals surface area (Å²) < 4.78 is 5.34. The molecule has 0 spiro atoms. The van der Waals surface area contributed by atoms with E-state index in [0.717, 1.165) is 17.1 Å². The molecular weight excluding hydrogens is 394 g/mol. The fourth-order valence-electron chi connectivity index (χ4n) is 4.25. The molecule has 1 atom stereocenters.